The molecule has 1 fully saturated rings. The molecule has 132 valence electrons. The Morgan fingerprint density at radius 2 is 1.88 bits per heavy atom. The van der Waals surface area contributed by atoms with Gasteiger partial charge in [0.05, 0.1) is 13.3 Å². The summed E-state index contributed by atoms with van der Waals surface area (Å²) in [5, 5.41) is 7.38. The Labute approximate surface area is 154 Å². The third kappa shape index (κ3) is 4.89. The summed E-state index contributed by atoms with van der Waals surface area (Å²) in [6, 6.07) is 13.5. The fourth-order valence-corrected chi connectivity index (χ4v) is 2.99. The van der Waals surface area contributed by atoms with Gasteiger partial charge in [0.1, 0.15) is 6.61 Å². The molecule has 25 heavy (non-hydrogen) atoms. The van der Waals surface area contributed by atoms with Crippen molar-refractivity contribution >= 4 is 17.8 Å². The second-order valence-electron chi connectivity index (χ2n) is 6.05. The molecule has 0 radical (unpaired) electrons. The van der Waals surface area contributed by atoms with Crippen molar-refractivity contribution < 1.29 is 9.47 Å². The first-order chi connectivity index (χ1) is 12.3. The maximum absolute atomic E-state index is 6.17. The number of ether oxygens (including phenoxy) is 2. The normalized spacial score (nSPS) is 14.7. The molecule has 0 N–H and O–H groups in total. The number of piperidine rings is 1. The first kappa shape index (κ1) is 17.6. The number of benzene rings is 2. The van der Waals surface area contributed by atoms with Crippen molar-refractivity contribution in [3.63, 3.8) is 0 Å². The lowest BCUT2D eigenvalue weighted by Gasteiger charge is -2.23. The van der Waals surface area contributed by atoms with Crippen LogP contribution >= 0.6 is 11.6 Å². The maximum atomic E-state index is 6.17. The highest BCUT2D eigenvalue weighted by molar-refractivity contribution is 6.31. The van der Waals surface area contributed by atoms with E-state index in [1.807, 2.05) is 48.7 Å². The van der Waals surface area contributed by atoms with Gasteiger partial charge in [-0.15, -0.1) is 0 Å². The second-order valence-corrected chi connectivity index (χ2v) is 6.46. The summed E-state index contributed by atoms with van der Waals surface area (Å²) in [6.45, 7) is 2.47. The number of halogens is 1. The molecule has 4 nitrogen and oxygen atoms in total. The molecule has 1 saturated heterocycles. The number of hydrogen-bond acceptors (Lipinski definition) is 4. The molecule has 0 atom stereocenters. The average Bonchev–Trinajstić information content (AvgIpc) is 2.67. The van der Waals surface area contributed by atoms with Gasteiger partial charge in [-0.05, 0) is 49.1 Å². The molecule has 0 amide bonds. The zero-order valence-electron chi connectivity index (χ0n) is 14.5. The lowest BCUT2D eigenvalue weighted by molar-refractivity contribution is 0.240. The predicted molar refractivity (Wildman–Crippen MR) is 102 cm³/mol. The van der Waals surface area contributed by atoms with Crippen LogP contribution in [0.4, 0.5) is 0 Å². The van der Waals surface area contributed by atoms with Gasteiger partial charge < -0.3 is 9.47 Å². The van der Waals surface area contributed by atoms with Gasteiger partial charge in [0, 0.05) is 23.7 Å². The van der Waals surface area contributed by atoms with Crippen molar-refractivity contribution in [3.05, 3.63) is 58.6 Å². The molecule has 1 aliphatic rings. The average molecular weight is 359 g/mol. The van der Waals surface area contributed by atoms with Crippen molar-refractivity contribution in [2.24, 2.45) is 5.10 Å². The van der Waals surface area contributed by atoms with E-state index in [9.17, 15) is 0 Å². The SMILES string of the molecule is COc1cc(/C=N\N2CCCCC2)ccc1OCc1ccccc1Cl. The zero-order valence-corrected chi connectivity index (χ0v) is 15.2. The Balaban J connectivity index is 1.66. The van der Waals surface area contributed by atoms with Crippen molar-refractivity contribution in [2.45, 2.75) is 25.9 Å². The van der Waals surface area contributed by atoms with Crippen molar-refractivity contribution in [1.29, 1.82) is 0 Å². The maximum Gasteiger partial charge on any atom is 0.161 e. The standard InChI is InChI=1S/C20H23ClN2O2/c1-24-20-13-16(14-22-23-11-5-2-6-12-23)9-10-19(20)25-15-17-7-3-4-8-18(17)21/h3-4,7-10,13-14H,2,5-6,11-12,15H2,1H3/b22-14-. The molecule has 1 aliphatic heterocycles. The van der Waals surface area contributed by atoms with Crippen LogP contribution < -0.4 is 9.47 Å². The molecule has 3 rings (SSSR count). The Morgan fingerprint density at radius 1 is 1.08 bits per heavy atom. The van der Waals surface area contributed by atoms with Crippen LogP contribution in [0.5, 0.6) is 11.5 Å². The number of hydrazone groups is 1. The van der Waals surface area contributed by atoms with Gasteiger partial charge in [-0.1, -0.05) is 29.8 Å². The predicted octanol–water partition coefficient (Wildman–Crippen LogP) is 4.75. The van der Waals surface area contributed by atoms with E-state index in [1.54, 1.807) is 7.11 Å². The lowest BCUT2D eigenvalue weighted by Crippen LogP contribution is -2.24. The first-order valence-corrected chi connectivity index (χ1v) is 8.97. The van der Waals surface area contributed by atoms with Crippen molar-refractivity contribution in [2.75, 3.05) is 20.2 Å². The van der Waals surface area contributed by atoms with Crippen molar-refractivity contribution in [1.82, 2.24) is 5.01 Å². The molecule has 0 saturated carbocycles. The minimum atomic E-state index is 0.400. The third-order valence-electron chi connectivity index (χ3n) is 4.23. The van der Waals surface area contributed by atoms with E-state index in [0.717, 1.165) is 24.2 Å². The summed E-state index contributed by atoms with van der Waals surface area (Å²) >= 11 is 6.17. The lowest BCUT2D eigenvalue weighted by atomic mass is 10.2. The van der Waals surface area contributed by atoms with Gasteiger partial charge in [0.2, 0.25) is 0 Å². The van der Waals surface area contributed by atoms with Crippen LogP contribution in [0.15, 0.2) is 47.6 Å². The minimum absolute atomic E-state index is 0.400. The van der Waals surface area contributed by atoms with Crippen molar-refractivity contribution in [3.8, 4) is 11.5 Å². The van der Waals surface area contributed by atoms with E-state index in [0.29, 0.717) is 23.1 Å². The minimum Gasteiger partial charge on any atom is -0.493 e. The Kier molecular flexibility index (Phi) is 6.18. The van der Waals surface area contributed by atoms with E-state index in [1.165, 1.54) is 19.3 Å². The van der Waals surface area contributed by atoms with Gasteiger partial charge in [-0.2, -0.15) is 5.10 Å². The van der Waals surface area contributed by atoms with E-state index in [4.69, 9.17) is 21.1 Å². The van der Waals surface area contributed by atoms with Crippen LogP contribution in [0.25, 0.3) is 0 Å². The molecule has 2 aromatic rings. The molecule has 1 heterocycles. The number of nitrogens with zero attached hydrogens (tertiary/aromatic N) is 2. The van der Waals surface area contributed by atoms with Gasteiger partial charge in [0.25, 0.3) is 0 Å². The fourth-order valence-electron chi connectivity index (χ4n) is 2.80. The van der Waals surface area contributed by atoms with Gasteiger partial charge in [-0.25, -0.2) is 0 Å². The zero-order chi connectivity index (χ0) is 17.5. The summed E-state index contributed by atoms with van der Waals surface area (Å²) in [5.74, 6) is 1.38. The molecule has 0 aliphatic carbocycles. The topological polar surface area (TPSA) is 34.1 Å². The van der Waals surface area contributed by atoms with E-state index < -0.39 is 0 Å². The molecular weight excluding hydrogens is 336 g/mol. The first-order valence-electron chi connectivity index (χ1n) is 8.59. The number of methoxy groups -OCH3 is 1. The molecule has 2 aromatic carbocycles. The van der Waals surface area contributed by atoms with E-state index >= 15 is 0 Å². The second kappa shape index (κ2) is 8.77. The Bertz CT molecular complexity index is 727. The van der Waals surface area contributed by atoms with Crippen LogP contribution in [0.1, 0.15) is 30.4 Å². The van der Waals surface area contributed by atoms with Crippen LogP contribution in [0, 0.1) is 0 Å². The largest absolute Gasteiger partial charge is 0.493 e. The molecule has 0 spiro atoms. The summed E-state index contributed by atoms with van der Waals surface area (Å²) in [5.41, 5.74) is 1.94. The van der Waals surface area contributed by atoms with Gasteiger partial charge >= 0.3 is 0 Å². The van der Waals surface area contributed by atoms with Crippen LogP contribution in [0.3, 0.4) is 0 Å². The molecule has 5 heteroatoms. The third-order valence-corrected chi connectivity index (χ3v) is 4.60. The van der Waals surface area contributed by atoms with E-state index in [-0.39, 0.29) is 0 Å². The molecule has 0 unspecified atom stereocenters. The Morgan fingerprint density at radius 3 is 2.64 bits per heavy atom. The van der Waals surface area contributed by atoms with E-state index in [2.05, 4.69) is 10.1 Å². The van der Waals surface area contributed by atoms with Crippen LogP contribution in [-0.2, 0) is 6.61 Å². The smallest absolute Gasteiger partial charge is 0.161 e. The summed E-state index contributed by atoms with van der Waals surface area (Å²) in [6.07, 6.45) is 5.62. The van der Waals surface area contributed by atoms with Gasteiger partial charge in [0.15, 0.2) is 11.5 Å². The number of rotatable bonds is 6. The quantitative estimate of drug-likeness (QED) is 0.699. The van der Waals surface area contributed by atoms with Crippen LogP contribution in [-0.4, -0.2) is 31.4 Å². The van der Waals surface area contributed by atoms with Crippen LogP contribution in [0.2, 0.25) is 5.02 Å². The highest BCUT2D eigenvalue weighted by Crippen LogP contribution is 2.29. The Hall–Kier alpha value is -2.20. The summed E-state index contributed by atoms with van der Waals surface area (Å²) in [4.78, 5) is 0. The van der Waals surface area contributed by atoms with Gasteiger partial charge in [-0.3, -0.25) is 5.01 Å². The highest BCUT2D eigenvalue weighted by atomic mass is 35.5. The molecule has 0 aromatic heterocycles. The molecular formula is C20H23ClN2O2. The number of hydrogen-bond donors (Lipinski definition) is 0. The summed E-state index contributed by atoms with van der Waals surface area (Å²) < 4.78 is 11.3. The fraction of sp³-hybridized carbons (Fsp3) is 0.350. The highest BCUT2D eigenvalue weighted by Gasteiger charge is 2.09. The monoisotopic (exact) mass is 358 g/mol. The summed E-state index contributed by atoms with van der Waals surface area (Å²) in [7, 11) is 1.64. The molecule has 0 bridgehead atoms.